The van der Waals surface area contributed by atoms with Gasteiger partial charge in [0.15, 0.2) is 0 Å². The van der Waals surface area contributed by atoms with Crippen molar-refractivity contribution in [3.63, 3.8) is 0 Å². The largest absolute Gasteiger partial charge is 0.458 e. The minimum Gasteiger partial charge on any atom is -0.458 e. The number of rotatable bonds is 4. The fourth-order valence-corrected chi connectivity index (χ4v) is 3.90. The van der Waals surface area contributed by atoms with Gasteiger partial charge in [0, 0.05) is 37.6 Å². The quantitative estimate of drug-likeness (QED) is 0.852. The van der Waals surface area contributed by atoms with Gasteiger partial charge in [-0.2, -0.15) is 0 Å². The Morgan fingerprint density at radius 1 is 1.28 bits per heavy atom. The molecule has 2 aliphatic rings. The number of aryl methyl sites for hydroxylation is 1. The van der Waals surface area contributed by atoms with Crippen LogP contribution in [0.15, 0.2) is 36.7 Å². The minimum atomic E-state index is -0.110. The predicted octanol–water partition coefficient (Wildman–Crippen LogP) is 2.38. The van der Waals surface area contributed by atoms with Gasteiger partial charge in [0.1, 0.15) is 6.10 Å². The molecule has 0 saturated carbocycles. The van der Waals surface area contributed by atoms with E-state index < -0.39 is 0 Å². The summed E-state index contributed by atoms with van der Waals surface area (Å²) in [7, 11) is 0. The van der Waals surface area contributed by atoms with Gasteiger partial charge in [-0.05, 0) is 44.5 Å². The number of hydrogen-bond donors (Lipinski definition) is 0. The molecule has 0 bridgehead atoms. The number of hydrogen-bond acceptors (Lipinski definition) is 6. The zero-order valence-corrected chi connectivity index (χ0v) is 14.6. The van der Waals surface area contributed by atoms with E-state index in [-0.39, 0.29) is 11.7 Å². The van der Waals surface area contributed by atoms with Crippen LogP contribution in [0.4, 0.5) is 0 Å². The lowest BCUT2D eigenvalue weighted by Crippen LogP contribution is -2.47. The predicted molar refractivity (Wildman–Crippen MR) is 93.2 cm³/mol. The van der Waals surface area contributed by atoms with E-state index in [4.69, 9.17) is 9.47 Å². The average molecular weight is 340 g/mol. The molecular weight excluding hydrogens is 316 g/mol. The van der Waals surface area contributed by atoms with Crippen molar-refractivity contribution in [1.29, 1.82) is 0 Å². The van der Waals surface area contributed by atoms with E-state index in [1.165, 1.54) is 0 Å². The Morgan fingerprint density at radius 3 is 3.00 bits per heavy atom. The molecule has 6 nitrogen and oxygen atoms in total. The lowest BCUT2D eigenvalue weighted by molar-refractivity contribution is -0.0541. The molecule has 0 aliphatic carbocycles. The molecule has 2 aromatic rings. The fourth-order valence-electron chi connectivity index (χ4n) is 3.90. The Hall–Kier alpha value is -2.05. The molecule has 25 heavy (non-hydrogen) atoms. The van der Waals surface area contributed by atoms with Crippen LogP contribution >= 0.6 is 0 Å². The zero-order valence-electron chi connectivity index (χ0n) is 14.6. The van der Waals surface area contributed by atoms with E-state index in [1.54, 1.807) is 18.5 Å². The van der Waals surface area contributed by atoms with Crippen molar-refractivity contribution in [2.45, 2.75) is 44.4 Å². The molecule has 2 saturated heterocycles. The maximum Gasteiger partial charge on any atom is 0.316 e. The molecular formula is C19H24N4O2. The fraction of sp³-hybridized carbons (Fsp3) is 0.526. The van der Waals surface area contributed by atoms with Gasteiger partial charge in [-0.3, -0.25) is 9.88 Å². The normalized spacial score (nSPS) is 26.8. The van der Waals surface area contributed by atoms with Crippen molar-refractivity contribution in [3.05, 3.63) is 48.0 Å². The third kappa shape index (κ3) is 3.96. The summed E-state index contributed by atoms with van der Waals surface area (Å²) in [6.07, 6.45) is 6.54. The van der Waals surface area contributed by atoms with Crippen molar-refractivity contribution in [3.8, 4) is 6.01 Å². The van der Waals surface area contributed by atoms with Gasteiger partial charge in [-0.1, -0.05) is 6.07 Å². The van der Waals surface area contributed by atoms with Gasteiger partial charge in [0.25, 0.3) is 0 Å². The van der Waals surface area contributed by atoms with Crippen LogP contribution in [0.3, 0.4) is 0 Å². The van der Waals surface area contributed by atoms with Gasteiger partial charge >= 0.3 is 6.01 Å². The molecule has 0 amide bonds. The standard InChI is InChI=1S/C19H24N4O2/c1-15-5-2-6-16(22-15)12-23-10-3-7-19(14-23)11-17(13-24-19)25-18-20-8-4-9-21-18/h2,4-6,8-9,17H,3,7,10-14H2,1H3/t17-,19-/m0/s1. The van der Waals surface area contributed by atoms with Crippen LogP contribution in [-0.4, -0.2) is 51.3 Å². The smallest absolute Gasteiger partial charge is 0.316 e. The highest BCUT2D eigenvalue weighted by Gasteiger charge is 2.44. The zero-order chi connectivity index (χ0) is 17.1. The van der Waals surface area contributed by atoms with Crippen LogP contribution in [0, 0.1) is 6.92 Å². The number of nitrogens with zero attached hydrogens (tertiary/aromatic N) is 4. The summed E-state index contributed by atoms with van der Waals surface area (Å²) in [6, 6.07) is 8.44. The monoisotopic (exact) mass is 340 g/mol. The summed E-state index contributed by atoms with van der Waals surface area (Å²) in [5.41, 5.74) is 2.08. The van der Waals surface area contributed by atoms with Gasteiger partial charge in [0.2, 0.25) is 0 Å². The molecule has 0 unspecified atom stereocenters. The first-order chi connectivity index (χ1) is 12.2. The highest BCUT2D eigenvalue weighted by Crippen LogP contribution is 2.36. The van der Waals surface area contributed by atoms with Gasteiger partial charge in [0.05, 0.1) is 17.9 Å². The summed E-state index contributed by atoms with van der Waals surface area (Å²) in [6.45, 7) is 5.54. The Labute approximate surface area is 148 Å². The molecule has 1 spiro atoms. The summed E-state index contributed by atoms with van der Waals surface area (Å²) < 4.78 is 12.1. The molecule has 0 aromatic carbocycles. The van der Waals surface area contributed by atoms with Crippen LogP contribution in [0.25, 0.3) is 0 Å². The number of pyridine rings is 1. The molecule has 2 fully saturated rings. The lowest BCUT2D eigenvalue weighted by atomic mass is 9.89. The summed E-state index contributed by atoms with van der Waals surface area (Å²) >= 11 is 0. The molecule has 132 valence electrons. The van der Waals surface area contributed by atoms with E-state index in [1.807, 2.05) is 13.0 Å². The Morgan fingerprint density at radius 2 is 2.16 bits per heavy atom. The summed E-state index contributed by atoms with van der Waals surface area (Å²) in [5, 5.41) is 0. The highest BCUT2D eigenvalue weighted by molar-refractivity contribution is 5.10. The molecule has 4 heterocycles. The first kappa shape index (κ1) is 16.4. The minimum absolute atomic E-state index is 0.0273. The topological polar surface area (TPSA) is 60.4 Å². The number of aromatic nitrogens is 3. The Kier molecular flexibility index (Phi) is 4.63. The van der Waals surface area contributed by atoms with Crippen LogP contribution in [-0.2, 0) is 11.3 Å². The van der Waals surface area contributed by atoms with Crippen LogP contribution in [0.5, 0.6) is 6.01 Å². The van der Waals surface area contributed by atoms with E-state index in [9.17, 15) is 0 Å². The summed E-state index contributed by atoms with van der Waals surface area (Å²) in [4.78, 5) is 15.4. The van der Waals surface area contributed by atoms with Crippen LogP contribution in [0.1, 0.15) is 30.7 Å². The third-order valence-electron chi connectivity index (χ3n) is 4.94. The third-order valence-corrected chi connectivity index (χ3v) is 4.94. The van der Waals surface area contributed by atoms with Crippen LogP contribution in [0.2, 0.25) is 0 Å². The van der Waals surface area contributed by atoms with Gasteiger partial charge in [-0.15, -0.1) is 0 Å². The van der Waals surface area contributed by atoms with Crippen molar-refractivity contribution in [2.75, 3.05) is 19.7 Å². The molecule has 0 radical (unpaired) electrons. The Bertz CT molecular complexity index is 712. The lowest BCUT2D eigenvalue weighted by Gasteiger charge is -2.39. The van der Waals surface area contributed by atoms with E-state index in [0.717, 1.165) is 50.3 Å². The SMILES string of the molecule is Cc1cccc(CN2CCC[C@]3(C[C@H](Oc4ncccn4)CO3)C2)n1. The van der Waals surface area contributed by atoms with Gasteiger partial charge in [-0.25, -0.2) is 9.97 Å². The van der Waals surface area contributed by atoms with Crippen molar-refractivity contribution >= 4 is 0 Å². The number of ether oxygens (including phenoxy) is 2. The molecule has 6 heteroatoms. The first-order valence-electron chi connectivity index (χ1n) is 8.93. The van der Waals surface area contributed by atoms with E-state index in [2.05, 4.69) is 32.0 Å². The molecule has 2 aliphatic heterocycles. The Balaban J connectivity index is 1.37. The molecule has 4 rings (SSSR count). The van der Waals surface area contributed by atoms with E-state index >= 15 is 0 Å². The highest BCUT2D eigenvalue weighted by atomic mass is 16.6. The summed E-state index contributed by atoms with van der Waals surface area (Å²) in [5.74, 6) is 0. The number of piperidine rings is 1. The maximum atomic E-state index is 6.22. The van der Waals surface area contributed by atoms with Crippen molar-refractivity contribution in [1.82, 2.24) is 19.9 Å². The second kappa shape index (κ2) is 7.06. The van der Waals surface area contributed by atoms with Crippen molar-refractivity contribution < 1.29 is 9.47 Å². The second-order valence-electron chi connectivity index (χ2n) is 7.05. The number of likely N-dealkylation sites (tertiary alicyclic amines) is 1. The van der Waals surface area contributed by atoms with Crippen molar-refractivity contribution in [2.24, 2.45) is 0 Å². The van der Waals surface area contributed by atoms with Gasteiger partial charge < -0.3 is 9.47 Å². The average Bonchev–Trinajstić information content (AvgIpc) is 2.97. The van der Waals surface area contributed by atoms with Crippen LogP contribution < -0.4 is 4.74 Å². The molecule has 0 N–H and O–H groups in total. The first-order valence-corrected chi connectivity index (χ1v) is 8.93. The van der Waals surface area contributed by atoms with E-state index in [0.29, 0.717) is 12.6 Å². The molecule has 2 atom stereocenters. The molecule has 2 aromatic heterocycles. The maximum absolute atomic E-state index is 6.22. The second-order valence-corrected chi connectivity index (χ2v) is 7.05.